The summed E-state index contributed by atoms with van der Waals surface area (Å²) in [6.45, 7) is 0. The third-order valence-corrected chi connectivity index (χ3v) is 4.74. The Morgan fingerprint density at radius 1 is 0.923 bits per heavy atom. The van der Waals surface area contributed by atoms with E-state index in [4.69, 9.17) is 28.0 Å². The van der Waals surface area contributed by atoms with Crippen molar-refractivity contribution in [3.8, 4) is 0 Å². The molecule has 2 atom stereocenters. The lowest BCUT2D eigenvalue weighted by atomic mass is 9.93. The maximum atomic E-state index is 12.8. The lowest BCUT2D eigenvalue weighted by Gasteiger charge is -2.15. The minimum Gasteiger partial charge on any atom is -0.381 e. The Morgan fingerprint density at radius 3 is 2.12 bits per heavy atom. The zero-order chi connectivity index (χ0) is 18.4. The largest absolute Gasteiger partial charge is 0.381 e. The number of ketones is 1. The van der Waals surface area contributed by atoms with Crippen LogP contribution >= 0.6 is 23.2 Å². The first-order valence-corrected chi connectivity index (χ1v) is 8.40. The molecule has 0 radical (unpaired) electrons. The lowest BCUT2D eigenvalue weighted by molar-refractivity contribution is -0.126. The lowest BCUT2D eigenvalue weighted by Crippen LogP contribution is -2.34. The predicted molar refractivity (Wildman–Crippen MR) is 95.5 cm³/mol. The second-order valence-electron chi connectivity index (χ2n) is 5.80. The summed E-state index contributed by atoms with van der Waals surface area (Å²) in [4.78, 5) is 44.2. The molecule has 0 unspecified atom stereocenters. The molecule has 1 fully saturated rings. The van der Waals surface area contributed by atoms with Crippen molar-refractivity contribution in [3.63, 3.8) is 0 Å². The molecular weight excluding hydrogens is 379 g/mol. The highest BCUT2D eigenvalue weighted by Crippen LogP contribution is 2.34. The van der Waals surface area contributed by atoms with E-state index in [1.54, 1.807) is 36.4 Å². The Kier molecular flexibility index (Phi) is 4.01. The number of hydrogen-bond donors (Lipinski definition) is 0. The summed E-state index contributed by atoms with van der Waals surface area (Å²) in [6, 6.07) is 12.4. The van der Waals surface area contributed by atoms with Gasteiger partial charge in [-0.25, -0.2) is 4.90 Å². The van der Waals surface area contributed by atoms with Gasteiger partial charge in [-0.05, 0) is 48.5 Å². The van der Waals surface area contributed by atoms with Crippen LogP contribution < -0.4 is 4.90 Å². The average Bonchev–Trinajstić information content (AvgIpc) is 3.17. The molecule has 2 aliphatic rings. The SMILES string of the molecule is O=C(C1=NO[C@H]2C(=O)N(c3ccc(Cl)cc3)C(=O)[C@@H]12)c1ccc(Cl)cc1. The highest BCUT2D eigenvalue weighted by molar-refractivity contribution is 6.52. The molecule has 0 aromatic heterocycles. The molecule has 2 aliphatic heterocycles. The number of imide groups is 1. The molecule has 130 valence electrons. The summed E-state index contributed by atoms with van der Waals surface area (Å²) < 4.78 is 0. The van der Waals surface area contributed by atoms with Gasteiger partial charge in [0, 0.05) is 15.6 Å². The van der Waals surface area contributed by atoms with Crippen LogP contribution in [0.5, 0.6) is 0 Å². The predicted octanol–water partition coefficient (Wildman–Crippen LogP) is 3.12. The number of benzene rings is 2. The minimum absolute atomic E-state index is 0.0906. The van der Waals surface area contributed by atoms with E-state index in [1.807, 2.05) is 0 Å². The fourth-order valence-corrected chi connectivity index (χ4v) is 3.21. The van der Waals surface area contributed by atoms with Gasteiger partial charge in [-0.15, -0.1) is 0 Å². The smallest absolute Gasteiger partial charge is 0.278 e. The first-order chi connectivity index (χ1) is 12.5. The maximum absolute atomic E-state index is 12.8. The minimum atomic E-state index is -1.13. The van der Waals surface area contributed by atoms with Crippen molar-refractivity contribution in [2.24, 2.45) is 11.1 Å². The number of rotatable bonds is 3. The van der Waals surface area contributed by atoms with Crippen molar-refractivity contribution in [2.45, 2.75) is 6.10 Å². The number of hydrogen-bond acceptors (Lipinski definition) is 5. The zero-order valence-electron chi connectivity index (χ0n) is 13.1. The van der Waals surface area contributed by atoms with Crippen LogP contribution in [0, 0.1) is 5.92 Å². The van der Waals surface area contributed by atoms with Gasteiger partial charge in [-0.3, -0.25) is 14.4 Å². The first kappa shape index (κ1) is 16.8. The van der Waals surface area contributed by atoms with E-state index < -0.39 is 29.6 Å². The van der Waals surface area contributed by atoms with E-state index in [-0.39, 0.29) is 5.71 Å². The van der Waals surface area contributed by atoms with Gasteiger partial charge < -0.3 is 4.84 Å². The summed E-state index contributed by atoms with van der Waals surface area (Å²) in [5, 5.41) is 4.66. The third-order valence-electron chi connectivity index (χ3n) is 4.24. The number of carbonyl (C=O) groups excluding carboxylic acids is 3. The molecule has 0 bridgehead atoms. The van der Waals surface area contributed by atoms with Gasteiger partial charge in [-0.2, -0.15) is 0 Å². The molecule has 26 heavy (non-hydrogen) atoms. The molecule has 0 N–H and O–H groups in total. The molecule has 0 saturated carbocycles. The average molecular weight is 389 g/mol. The molecule has 2 aromatic rings. The van der Waals surface area contributed by atoms with Crippen LogP contribution in [-0.4, -0.2) is 29.4 Å². The van der Waals surface area contributed by atoms with Crippen LogP contribution in [0.15, 0.2) is 53.7 Å². The van der Waals surface area contributed by atoms with Crippen LogP contribution in [0.1, 0.15) is 10.4 Å². The summed E-state index contributed by atoms with van der Waals surface area (Å²) in [7, 11) is 0. The first-order valence-electron chi connectivity index (χ1n) is 7.65. The van der Waals surface area contributed by atoms with E-state index in [1.165, 1.54) is 12.1 Å². The molecule has 2 amide bonds. The monoisotopic (exact) mass is 388 g/mol. The van der Waals surface area contributed by atoms with Gasteiger partial charge in [0.1, 0.15) is 11.6 Å². The van der Waals surface area contributed by atoms with Gasteiger partial charge >= 0.3 is 0 Å². The van der Waals surface area contributed by atoms with Crippen molar-refractivity contribution in [3.05, 3.63) is 64.1 Å². The summed E-state index contributed by atoms with van der Waals surface area (Å²) in [5.41, 5.74) is 0.579. The zero-order valence-corrected chi connectivity index (χ0v) is 14.6. The number of carbonyl (C=O) groups is 3. The normalized spacial score (nSPS) is 21.5. The summed E-state index contributed by atoms with van der Waals surface area (Å²) in [6.07, 6.45) is -1.13. The van der Waals surface area contributed by atoms with Crippen LogP contribution in [0.25, 0.3) is 0 Å². The number of halogens is 2. The molecule has 8 heteroatoms. The Morgan fingerprint density at radius 2 is 1.50 bits per heavy atom. The number of nitrogens with zero attached hydrogens (tertiary/aromatic N) is 2. The maximum Gasteiger partial charge on any atom is 0.278 e. The fraction of sp³-hybridized carbons (Fsp3) is 0.111. The van der Waals surface area contributed by atoms with Crippen LogP contribution in [0.4, 0.5) is 5.69 Å². The van der Waals surface area contributed by atoms with Gasteiger partial charge in [0.25, 0.3) is 5.91 Å². The number of Topliss-reactive ketones (excluding diaryl/α,β-unsaturated/α-hetero) is 1. The Labute approximate surface area is 157 Å². The summed E-state index contributed by atoms with van der Waals surface area (Å²) >= 11 is 11.7. The molecule has 0 spiro atoms. The van der Waals surface area contributed by atoms with E-state index in [9.17, 15) is 14.4 Å². The van der Waals surface area contributed by atoms with Crippen molar-refractivity contribution in [1.29, 1.82) is 0 Å². The number of amides is 2. The topological polar surface area (TPSA) is 76.0 Å². The van der Waals surface area contributed by atoms with E-state index in [0.29, 0.717) is 21.3 Å². The Hall–Kier alpha value is -2.70. The van der Waals surface area contributed by atoms with E-state index in [0.717, 1.165) is 4.90 Å². The third kappa shape index (κ3) is 2.58. The van der Waals surface area contributed by atoms with Gasteiger partial charge in [-0.1, -0.05) is 28.4 Å². The van der Waals surface area contributed by atoms with Crippen LogP contribution in [0.3, 0.4) is 0 Å². The van der Waals surface area contributed by atoms with Crippen molar-refractivity contribution in [2.75, 3.05) is 4.90 Å². The van der Waals surface area contributed by atoms with Crippen LogP contribution in [-0.2, 0) is 14.4 Å². The molecular formula is C18H10Cl2N2O4. The Balaban J connectivity index is 1.65. The van der Waals surface area contributed by atoms with Crippen LogP contribution in [0.2, 0.25) is 10.0 Å². The summed E-state index contributed by atoms with van der Waals surface area (Å²) in [5.74, 6) is -2.67. The molecule has 1 saturated heterocycles. The Bertz CT molecular complexity index is 954. The fourth-order valence-electron chi connectivity index (χ4n) is 2.96. The number of oxime groups is 1. The molecule has 6 nitrogen and oxygen atoms in total. The molecule has 0 aliphatic carbocycles. The highest BCUT2D eigenvalue weighted by atomic mass is 35.5. The molecule has 4 rings (SSSR count). The number of anilines is 1. The second kappa shape index (κ2) is 6.23. The second-order valence-corrected chi connectivity index (χ2v) is 6.68. The van der Waals surface area contributed by atoms with Crippen molar-refractivity contribution in [1.82, 2.24) is 0 Å². The number of fused-ring (bicyclic) bond motifs is 1. The quantitative estimate of drug-likeness (QED) is 0.597. The van der Waals surface area contributed by atoms with Crippen molar-refractivity contribution < 1.29 is 19.2 Å². The molecule has 2 aromatic carbocycles. The highest BCUT2D eigenvalue weighted by Gasteiger charge is 2.57. The van der Waals surface area contributed by atoms with E-state index in [2.05, 4.69) is 5.16 Å². The van der Waals surface area contributed by atoms with Crippen molar-refractivity contribution >= 4 is 52.2 Å². The standard InChI is InChI=1S/C18H10Cl2N2O4/c19-10-3-1-9(2-4-10)15(23)14-13-16(26-21-14)18(25)22(17(13)24)12-7-5-11(20)6-8-12/h1-8,13,16H/t13-,16+/m0/s1. The van der Waals surface area contributed by atoms with Gasteiger partial charge in [0.2, 0.25) is 17.8 Å². The molecule has 2 heterocycles. The van der Waals surface area contributed by atoms with E-state index >= 15 is 0 Å². The van der Waals surface area contributed by atoms with Gasteiger partial charge in [0.05, 0.1) is 5.69 Å². The van der Waals surface area contributed by atoms with Gasteiger partial charge in [0.15, 0.2) is 0 Å².